The minimum Gasteiger partial charge on any atom is -0.483 e. The van der Waals surface area contributed by atoms with Crippen molar-refractivity contribution in [2.75, 3.05) is 6.61 Å². The summed E-state index contributed by atoms with van der Waals surface area (Å²) >= 11 is 11.9. The average Bonchev–Trinajstić information content (AvgIpc) is 3.15. The monoisotopic (exact) mass is 403 g/mol. The maximum absolute atomic E-state index is 12.8. The topological polar surface area (TPSA) is 42.7 Å². The number of amides is 1. The molecule has 0 radical (unpaired) electrons. The van der Waals surface area contributed by atoms with E-state index < -0.39 is 0 Å². The molecular weight excluding hydrogens is 385 g/mol. The Kier molecular flexibility index (Phi) is 6.43. The first-order chi connectivity index (χ1) is 13.0. The maximum Gasteiger partial charge on any atom is 0.261 e. The Morgan fingerprint density at radius 3 is 2.44 bits per heavy atom. The number of aryl methyl sites for hydroxylation is 1. The van der Waals surface area contributed by atoms with Crippen molar-refractivity contribution in [2.45, 2.75) is 20.0 Å². The first kappa shape index (κ1) is 19.3. The van der Waals surface area contributed by atoms with Crippen LogP contribution in [0.15, 0.2) is 65.3 Å². The van der Waals surface area contributed by atoms with E-state index in [-0.39, 0.29) is 12.5 Å². The minimum absolute atomic E-state index is 0.0726. The maximum atomic E-state index is 12.8. The molecule has 3 rings (SSSR count). The third kappa shape index (κ3) is 5.52. The molecule has 0 aliphatic rings. The van der Waals surface area contributed by atoms with E-state index >= 15 is 0 Å². The molecule has 1 heterocycles. The zero-order valence-electron chi connectivity index (χ0n) is 14.8. The Bertz CT molecular complexity index is 892. The predicted molar refractivity (Wildman–Crippen MR) is 106 cm³/mol. The second-order valence-electron chi connectivity index (χ2n) is 6.15. The summed E-state index contributed by atoms with van der Waals surface area (Å²) in [4.78, 5) is 14.5. The first-order valence-electron chi connectivity index (χ1n) is 8.45. The van der Waals surface area contributed by atoms with Crippen LogP contribution < -0.4 is 4.74 Å². The van der Waals surface area contributed by atoms with Crippen molar-refractivity contribution in [1.29, 1.82) is 0 Å². The normalized spacial score (nSPS) is 10.6. The molecule has 0 N–H and O–H groups in total. The van der Waals surface area contributed by atoms with Crippen molar-refractivity contribution in [1.82, 2.24) is 4.90 Å². The van der Waals surface area contributed by atoms with Gasteiger partial charge in [-0.05, 0) is 60.5 Å². The molecule has 4 nitrogen and oxygen atoms in total. The summed E-state index contributed by atoms with van der Waals surface area (Å²) in [7, 11) is 0. The number of ether oxygens (including phenoxy) is 1. The van der Waals surface area contributed by atoms with Crippen molar-refractivity contribution in [3.8, 4) is 5.75 Å². The van der Waals surface area contributed by atoms with Gasteiger partial charge in [0.05, 0.1) is 12.8 Å². The summed E-state index contributed by atoms with van der Waals surface area (Å²) in [5.41, 5.74) is 1.85. The van der Waals surface area contributed by atoms with Crippen LogP contribution >= 0.6 is 23.2 Å². The third-order valence-corrected chi connectivity index (χ3v) is 4.54. The largest absolute Gasteiger partial charge is 0.483 e. The van der Waals surface area contributed by atoms with Gasteiger partial charge in [-0.3, -0.25) is 4.79 Å². The van der Waals surface area contributed by atoms with E-state index in [4.69, 9.17) is 32.4 Å². The molecule has 0 saturated heterocycles. The molecule has 0 bridgehead atoms. The molecule has 0 saturated carbocycles. The summed E-state index contributed by atoms with van der Waals surface area (Å²) in [5, 5.41) is 1.29. The van der Waals surface area contributed by atoms with Crippen molar-refractivity contribution in [2.24, 2.45) is 0 Å². The van der Waals surface area contributed by atoms with Crippen molar-refractivity contribution in [3.63, 3.8) is 0 Å². The number of carbonyl (C=O) groups is 1. The number of benzene rings is 2. The zero-order valence-corrected chi connectivity index (χ0v) is 16.3. The lowest BCUT2D eigenvalue weighted by Gasteiger charge is -2.22. The van der Waals surface area contributed by atoms with E-state index in [0.717, 1.165) is 11.1 Å². The van der Waals surface area contributed by atoms with Gasteiger partial charge in [0.1, 0.15) is 11.5 Å². The van der Waals surface area contributed by atoms with Gasteiger partial charge < -0.3 is 14.1 Å². The van der Waals surface area contributed by atoms with Gasteiger partial charge in [0.15, 0.2) is 6.61 Å². The number of rotatable bonds is 7. The molecular formula is C21H19Cl2NO3. The van der Waals surface area contributed by atoms with Crippen molar-refractivity contribution >= 4 is 29.1 Å². The van der Waals surface area contributed by atoms with Crippen molar-refractivity contribution in [3.05, 3.63) is 87.8 Å². The van der Waals surface area contributed by atoms with Gasteiger partial charge in [-0.15, -0.1) is 0 Å². The lowest BCUT2D eigenvalue weighted by Crippen LogP contribution is -2.34. The second-order valence-corrected chi connectivity index (χ2v) is 7.03. The van der Waals surface area contributed by atoms with Gasteiger partial charge in [-0.2, -0.15) is 0 Å². The van der Waals surface area contributed by atoms with Crippen LogP contribution in [-0.2, 0) is 17.9 Å². The summed E-state index contributed by atoms with van der Waals surface area (Å²) in [5.74, 6) is 1.20. The van der Waals surface area contributed by atoms with E-state index in [0.29, 0.717) is 34.6 Å². The molecule has 1 aromatic heterocycles. The Hall–Kier alpha value is -2.43. The SMILES string of the molecule is Cc1cc(Cl)ccc1OCC(=O)N(Cc1ccc(Cl)cc1)Cc1ccco1. The van der Waals surface area contributed by atoms with Crippen LogP contribution in [0.4, 0.5) is 0 Å². The van der Waals surface area contributed by atoms with Gasteiger partial charge in [0.25, 0.3) is 5.91 Å². The number of halogens is 2. The van der Waals surface area contributed by atoms with Gasteiger partial charge in [0, 0.05) is 16.6 Å². The molecule has 2 aromatic carbocycles. The molecule has 0 aliphatic heterocycles. The van der Waals surface area contributed by atoms with E-state index in [2.05, 4.69) is 0 Å². The molecule has 0 spiro atoms. The highest BCUT2D eigenvalue weighted by Gasteiger charge is 2.17. The number of hydrogen-bond acceptors (Lipinski definition) is 3. The molecule has 3 aromatic rings. The Morgan fingerprint density at radius 1 is 1.04 bits per heavy atom. The van der Waals surface area contributed by atoms with Crippen LogP contribution in [0.25, 0.3) is 0 Å². The van der Waals surface area contributed by atoms with Crippen LogP contribution in [0.3, 0.4) is 0 Å². The number of hydrogen-bond donors (Lipinski definition) is 0. The van der Waals surface area contributed by atoms with Gasteiger partial charge in [-0.25, -0.2) is 0 Å². The minimum atomic E-state index is -0.143. The zero-order chi connectivity index (χ0) is 19.2. The fourth-order valence-electron chi connectivity index (χ4n) is 2.64. The number of carbonyl (C=O) groups excluding carboxylic acids is 1. The highest BCUT2D eigenvalue weighted by atomic mass is 35.5. The van der Waals surface area contributed by atoms with Crippen LogP contribution in [0.2, 0.25) is 10.0 Å². The first-order valence-corrected chi connectivity index (χ1v) is 9.20. The summed E-state index contributed by atoms with van der Waals surface area (Å²) in [6, 6.07) is 16.4. The molecule has 0 atom stereocenters. The Morgan fingerprint density at radius 2 is 1.78 bits per heavy atom. The molecule has 0 fully saturated rings. The summed E-state index contributed by atoms with van der Waals surface area (Å²) in [6.45, 7) is 2.61. The second kappa shape index (κ2) is 8.98. The predicted octanol–water partition coefficient (Wildman–Crippen LogP) is 5.50. The van der Waals surface area contributed by atoms with Crippen LogP contribution in [0.1, 0.15) is 16.9 Å². The fourth-order valence-corrected chi connectivity index (χ4v) is 2.99. The van der Waals surface area contributed by atoms with E-state index in [1.807, 2.05) is 25.1 Å². The fraction of sp³-hybridized carbons (Fsp3) is 0.190. The molecule has 27 heavy (non-hydrogen) atoms. The van der Waals surface area contributed by atoms with Crippen molar-refractivity contribution < 1.29 is 13.9 Å². The molecule has 6 heteroatoms. The van der Waals surface area contributed by atoms with Gasteiger partial charge >= 0.3 is 0 Å². The van der Waals surface area contributed by atoms with E-state index in [1.54, 1.807) is 47.6 Å². The standard InChI is InChI=1S/C21H19Cl2NO3/c1-15-11-18(23)8-9-20(15)27-14-21(25)24(13-19-3-2-10-26-19)12-16-4-6-17(22)7-5-16/h2-11H,12-14H2,1H3. The smallest absolute Gasteiger partial charge is 0.261 e. The number of nitrogens with zero attached hydrogens (tertiary/aromatic N) is 1. The summed E-state index contributed by atoms with van der Waals surface area (Å²) < 4.78 is 11.1. The van der Waals surface area contributed by atoms with Gasteiger partial charge in [0.2, 0.25) is 0 Å². The highest BCUT2D eigenvalue weighted by molar-refractivity contribution is 6.30. The van der Waals surface area contributed by atoms with Gasteiger partial charge in [-0.1, -0.05) is 35.3 Å². The van der Waals surface area contributed by atoms with Crippen LogP contribution in [0, 0.1) is 6.92 Å². The average molecular weight is 404 g/mol. The Balaban J connectivity index is 1.70. The third-order valence-electron chi connectivity index (χ3n) is 4.05. The molecule has 1 amide bonds. The lowest BCUT2D eigenvalue weighted by molar-refractivity contribution is -0.134. The highest BCUT2D eigenvalue weighted by Crippen LogP contribution is 2.22. The quantitative estimate of drug-likeness (QED) is 0.522. The molecule has 0 aliphatic carbocycles. The summed E-state index contributed by atoms with van der Waals surface area (Å²) in [6.07, 6.45) is 1.59. The Labute approximate surface area is 168 Å². The molecule has 140 valence electrons. The number of furan rings is 1. The van der Waals surface area contributed by atoms with E-state index in [9.17, 15) is 4.79 Å². The van der Waals surface area contributed by atoms with Crippen LogP contribution in [0.5, 0.6) is 5.75 Å². The van der Waals surface area contributed by atoms with E-state index in [1.165, 1.54) is 0 Å². The van der Waals surface area contributed by atoms with Crippen LogP contribution in [-0.4, -0.2) is 17.4 Å². The lowest BCUT2D eigenvalue weighted by atomic mass is 10.2. The molecule has 0 unspecified atom stereocenters.